The second kappa shape index (κ2) is 8.52. The van der Waals surface area contributed by atoms with Gasteiger partial charge in [-0.05, 0) is 30.7 Å². The van der Waals surface area contributed by atoms with Crippen LogP contribution in [0.3, 0.4) is 0 Å². The van der Waals surface area contributed by atoms with Crippen LogP contribution in [0.15, 0.2) is 66.0 Å². The van der Waals surface area contributed by atoms with Crippen molar-refractivity contribution in [1.29, 1.82) is 0 Å². The number of amides is 3. The summed E-state index contributed by atoms with van der Waals surface area (Å²) >= 11 is 0. The molecule has 0 aliphatic heterocycles. The van der Waals surface area contributed by atoms with Crippen LogP contribution in [0.1, 0.15) is 16.8 Å². The number of aromatic nitrogens is 2. The molecular formula is C18H19N5O3. The average Bonchev–Trinajstić information content (AvgIpc) is 3.33. The number of rotatable bonds is 7. The average molecular weight is 353 g/mol. The zero-order chi connectivity index (χ0) is 18.2. The summed E-state index contributed by atoms with van der Waals surface area (Å²) in [5.74, 6) is -0.278. The minimum Gasteiger partial charge on any atom is -0.472 e. The van der Waals surface area contributed by atoms with E-state index in [1.54, 1.807) is 42.9 Å². The number of hydrogen-bond donors (Lipinski definition) is 3. The molecule has 0 aliphatic carbocycles. The maximum Gasteiger partial charge on any atom is 0.319 e. The molecule has 0 saturated heterocycles. The fraction of sp³-hybridized carbons (Fsp3) is 0.167. The summed E-state index contributed by atoms with van der Waals surface area (Å²) in [6, 6.07) is 8.20. The van der Waals surface area contributed by atoms with E-state index in [1.165, 1.54) is 12.5 Å². The molecular weight excluding hydrogens is 334 g/mol. The molecule has 8 nitrogen and oxygen atoms in total. The smallest absolute Gasteiger partial charge is 0.319 e. The van der Waals surface area contributed by atoms with Crippen molar-refractivity contribution in [3.8, 4) is 0 Å². The molecule has 3 amide bonds. The predicted molar refractivity (Wildman–Crippen MR) is 97.0 cm³/mol. The van der Waals surface area contributed by atoms with Gasteiger partial charge in [0.15, 0.2) is 0 Å². The van der Waals surface area contributed by atoms with Crippen LogP contribution >= 0.6 is 0 Å². The van der Waals surface area contributed by atoms with Gasteiger partial charge in [0, 0.05) is 36.9 Å². The van der Waals surface area contributed by atoms with Crippen molar-refractivity contribution >= 4 is 23.3 Å². The van der Waals surface area contributed by atoms with Crippen molar-refractivity contribution in [1.82, 2.24) is 14.9 Å². The van der Waals surface area contributed by atoms with Crippen LogP contribution in [0.4, 0.5) is 16.2 Å². The molecule has 2 aromatic heterocycles. The van der Waals surface area contributed by atoms with Gasteiger partial charge in [0.2, 0.25) is 0 Å². The highest BCUT2D eigenvalue weighted by molar-refractivity contribution is 6.04. The molecule has 0 aliphatic rings. The maximum atomic E-state index is 12.0. The number of nitrogens with zero attached hydrogens (tertiary/aromatic N) is 2. The van der Waals surface area contributed by atoms with E-state index in [0.29, 0.717) is 23.5 Å². The third-order valence-corrected chi connectivity index (χ3v) is 3.60. The van der Waals surface area contributed by atoms with Crippen molar-refractivity contribution < 1.29 is 14.0 Å². The summed E-state index contributed by atoms with van der Waals surface area (Å²) in [6.07, 6.45) is 8.94. The van der Waals surface area contributed by atoms with Gasteiger partial charge in [0.25, 0.3) is 5.91 Å². The van der Waals surface area contributed by atoms with Crippen molar-refractivity contribution in [2.24, 2.45) is 0 Å². The minimum atomic E-state index is -0.297. The van der Waals surface area contributed by atoms with Crippen molar-refractivity contribution in [2.75, 3.05) is 17.2 Å². The number of nitrogens with one attached hydrogen (secondary N) is 3. The Balaban J connectivity index is 1.45. The lowest BCUT2D eigenvalue weighted by Crippen LogP contribution is -2.30. The quantitative estimate of drug-likeness (QED) is 0.568. The molecule has 0 saturated carbocycles. The lowest BCUT2D eigenvalue weighted by molar-refractivity contribution is 0.102. The first-order chi connectivity index (χ1) is 12.7. The first-order valence-corrected chi connectivity index (χ1v) is 8.15. The summed E-state index contributed by atoms with van der Waals surface area (Å²) < 4.78 is 6.84. The Hall–Kier alpha value is -3.55. The molecule has 134 valence electrons. The van der Waals surface area contributed by atoms with Crippen LogP contribution in [-0.4, -0.2) is 28.0 Å². The highest BCUT2D eigenvalue weighted by atomic mass is 16.3. The van der Waals surface area contributed by atoms with E-state index >= 15 is 0 Å². The third-order valence-electron chi connectivity index (χ3n) is 3.60. The van der Waals surface area contributed by atoms with E-state index in [2.05, 4.69) is 20.9 Å². The Bertz CT molecular complexity index is 844. The van der Waals surface area contributed by atoms with Crippen molar-refractivity contribution in [3.63, 3.8) is 0 Å². The zero-order valence-corrected chi connectivity index (χ0v) is 14.0. The van der Waals surface area contributed by atoms with Gasteiger partial charge in [-0.2, -0.15) is 0 Å². The summed E-state index contributed by atoms with van der Waals surface area (Å²) in [4.78, 5) is 27.9. The summed E-state index contributed by atoms with van der Waals surface area (Å²) in [7, 11) is 0. The van der Waals surface area contributed by atoms with Gasteiger partial charge in [-0.1, -0.05) is 6.07 Å². The van der Waals surface area contributed by atoms with Gasteiger partial charge < -0.3 is 24.9 Å². The number of urea groups is 1. The molecule has 0 radical (unpaired) electrons. The molecule has 26 heavy (non-hydrogen) atoms. The molecule has 0 fully saturated rings. The SMILES string of the molecule is O=C(NCCCn1ccnc1)Nc1cccc(NC(=O)c2ccoc2)c1. The molecule has 3 N–H and O–H groups in total. The Morgan fingerprint density at radius 2 is 2.00 bits per heavy atom. The first kappa shape index (κ1) is 17.3. The molecule has 2 heterocycles. The van der Waals surface area contributed by atoms with Crippen molar-refractivity contribution in [2.45, 2.75) is 13.0 Å². The number of benzene rings is 1. The fourth-order valence-electron chi connectivity index (χ4n) is 2.33. The summed E-state index contributed by atoms with van der Waals surface area (Å²) in [6.45, 7) is 1.33. The second-order valence-electron chi connectivity index (χ2n) is 5.58. The third kappa shape index (κ3) is 4.97. The Kier molecular flexibility index (Phi) is 5.66. The number of anilines is 2. The Labute approximate surface area is 150 Å². The molecule has 3 aromatic rings. The largest absolute Gasteiger partial charge is 0.472 e. The predicted octanol–water partition coefficient (Wildman–Crippen LogP) is 2.94. The summed E-state index contributed by atoms with van der Waals surface area (Å²) in [5, 5.41) is 8.28. The van der Waals surface area contributed by atoms with Gasteiger partial charge in [-0.25, -0.2) is 9.78 Å². The molecule has 3 rings (SSSR count). The van der Waals surface area contributed by atoms with Crippen LogP contribution in [-0.2, 0) is 6.54 Å². The van der Waals surface area contributed by atoms with Crippen molar-refractivity contribution in [3.05, 3.63) is 67.1 Å². The molecule has 0 bridgehead atoms. The molecule has 0 spiro atoms. The Morgan fingerprint density at radius 3 is 2.73 bits per heavy atom. The van der Waals surface area contributed by atoms with E-state index in [4.69, 9.17) is 4.42 Å². The minimum absolute atomic E-state index is 0.278. The van der Waals surface area contributed by atoms with E-state index in [9.17, 15) is 9.59 Å². The second-order valence-corrected chi connectivity index (χ2v) is 5.58. The van der Waals surface area contributed by atoms with Gasteiger partial charge in [0.05, 0.1) is 18.2 Å². The highest BCUT2D eigenvalue weighted by Gasteiger charge is 2.08. The molecule has 0 atom stereocenters. The van der Waals surface area contributed by atoms with Crippen LogP contribution in [0.2, 0.25) is 0 Å². The zero-order valence-electron chi connectivity index (χ0n) is 14.0. The number of carbonyl (C=O) groups excluding carboxylic acids is 2. The first-order valence-electron chi connectivity index (χ1n) is 8.15. The molecule has 8 heteroatoms. The fourth-order valence-corrected chi connectivity index (χ4v) is 2.33. The topological polar surface area (TPSA) is 101 Å². The van der Waals surface area contributed by atoms with E-state index in [1.807, 2.05) is 10.8 Å². The molecule has 1 aromatic carbocycles. The lowest BCUT2D eigenvalue weighted by Gasteiger charge is -2.10. The maximum absolute atomic E-state index is 12.0. The normalized spacial score (nSPS) is 10.3. The highest BCUT2D eigenvalue weighted by Crippen LogP contribution is 2.16. The van der Waals surface area contributed by atoms with Crippen LogP contribution < -0.4 is 16.0 Å². The van der Waals surface area contributed by atoms with E-state index in [0.717, 1.165) is 13.0 Å². The number of furan rings is 1. The van der Waals surface area contributed by atoms with Crippen LogP contribution in [0, 0.1) is 0 Å². The monoisotopic (exact) mass is 353 g/mol. The van der Waals surface area contributed by atoms with Gasteiger partial charge >= 0.3 is 6.03 Å². The molecule has 0 unspecified atom stereocenters. The number of carbonyl (C=O) groups is 2. The standard InChI is InChI=1S/C18H19N5O3/c24-17(14-5-10-26-12-14)21-15-3-1-4-16(11-15)22-18(25)20-6-2-8-23-9-7-19-13-23/h1,3-5,7,9-13H,2,6,8H2,(H,21,24)(H2,20,22,25). The Morgan fingerprint density at radius 1 is 1.15 bits per heavy atom. The number of imidazole rings is 1. The van der Waals surface area contributed by atoms with E-state index in [-0.39, 0.29) is 11.9 Å². The van der Waals surface area contributed by atoms with Crippen LogP contribution in [0.25, 0.3) is 0 Å². The number of aryl methyl sites for hydroxylation is 1. The van der Waals surface area contributed by atoms with Gasteiger partial charge in [-0.15, -0.1) is 0 Å². The number of hydrogen-bond acceptors (Lipinski definition) is 4. The van der Waals surface area contributed by atoms with Crippen LogP contribution in [0.5, 0.6) is 0 Å². The van der Waals surface area contributed by atoms with Gasteiger partial charge in [0.1, 0.15) is 6.26 Å². The lowest BCUT2D eigenvalue weighted by atomic mass is 10.2. The van der Waals surface area contributed by atoms with E-state index < -0.39 is 0 Å². The van der Waals surface area contributed by atoms with Gasteiger partial charge in [-0.3, -0.25) is 4.79 Å². The summed E-state index contributed by atoms with van der Waals surface area (Å²) in [5.41, 5.74) is 1.59.